The molecule has 0 fully saturated rings. The summed E-state index contributed by atoms with van der Waals surface area (Å²) in [4.78, 5) is 0. The molecule has 0 aliphatic carbocycles. The van der Waals surface area contributed by atoms with Gasteiger partial charge in [0.15, 0.2) is 0 Å². The maximum absolute atomic E-state index is 13.7. The van der Waals surface area contributed by atoms with E-state index in [4.69, 9.17) is 4.74 Å². The van der Waals surface area contributed by atoms with Crippen molar-refractivity contribution in [1.29, 1.82) is 5.26 Å². The molecular formula is C16H12FNO. The van der Waals surface area contributed by atoms with Gasteiger partial charge in [0.2, 0.25) is 0 Å². The SMILES string of the molecule is COc1ccccc1/C=C(/C#N)c1ccccc1F. The summed E-state index contributed by atoms with van der Waals surface area (Å²) in [6.45, 7) is 0. The van der Waals surface area contributed by atoms with Crippen molar-refractivity contribution in [2.24, 2.45) is 0 Å². The van der Waals surface area contributed by atoms with Crippen molar-refractivity contribution in [2.75, 3.05) is 7.11 Å². The molecule has 94 valence electrons. The molecule has 0 spiro atoms. The smallest absolute Gasteiger partial charge is 0.131 e. The molecule has 19 heavy (non-hydrogen) atoms. The molecule has 0 heterocycles. The number of para-hydroxylation sites is 1. The second-order valence-corrected chi connectivity index (χ2v) is 3.89. The topological polar surface area (TPSA) is 33.0 Å². The fourth-order valence-electron chi connectivity index (χ4n) is 1.79. The molecule has 0 saturated carbocycles. The lowest BCUT2D eigenvalue weighted by Crippen LogP contribution is -1.90. The van der Waals surface area contributed by atoms with Gasteiger partial charge in [0.1, 0.15) is 11.6 Å². The average molecular weight is 253 g/mol. The van der Waals surface area contributed by atoms with Crippen molar-refractivity contribution >= 4 is 11.6 Å². The van der Waals surface area contributed by atoms with Crippen molar-refractivity contribution in [1.82, 2.24) is 0 Å². The van der Waals surface area contributed by atoms with Crippen molar-refractivity contribution in [2.45, 2.75) is 0 Å². The second-order valence-electron chi connectivity index (χ2n) is 3.89. The molecule has 0 aliphatic rings. The lowest BCUT2D eigenvalue weighted by Gasteiger charge is -2.05. The van der Waals surface area contributed by atoms with Gasteiger partial charge in [-0.3, -0.25) is 0 Å². The predicted octanol–water partition coefficient (Wildman–Crippen LogP) is 3.90. The number of ether oxygens (including phenoxy) is 1. The van der Waals surface area contributed by atoms with E-state index in [1.165, 1.54) is 6.07 Å². The number of hydrogen-bond donors (Lipinski definition) is 0. The van der Waals surface area contributed by atoms with Crippen LogP contribution in [0.15, 0.2) is 48.5 Å². The van der Waals surface area contributed by atoms with Crippen LogP contribution in [0.3, 0.4) is 0 Å². The average Bonchev–Trinajstić information content (AvgIpc) is 2.46. The first-order chi connectivity index (χ1) is 9.26. The van der Waals surface area contributed by atoms with Gasteiger partial charge in [0, 0.05) is 11.1 Å². The molecule has 2 nitrogen and oxygen atoms in total. The Hall–Kier alpha value is -2.60. The largest absolute Gasteiger partial charge is 0.496 e. The van der Waals surface area contributed by atoms with E-state index < -0.39 is 5.82 Å². The van der Waals surface area contributed by atoms with Crippen LogP contribution >= 0.6 is 0 Å². The lowest BCUT2D eigenvalue weighted by molar-refractivity contribution is 0.414. The molecule has 2 aromatic carbocycles. The van der Waals surface area contributed by atoms with E-state index in [2.05, 4.69) is 0 Å². The number of nitrogens with zero attached hydrogens (tertiary/aromatic N) is 1. The van der Waals surface area contributed by atoms with E-state index in [0.29, 0.717) is 5.75 Å². The molecule has 0 aromatic heterocycles. The van der Waals surface area contributed by atoms with Gasteiger partial charge >= 0.3 is 0 Å². The van der Waals surface area contributed by atoms with Crippen molar-refractivity contribution < 1.29 is 9.13 Å². The second kappa shape index (κ2) is 5.83. The minimum Gasteiger partial charge on any atom is -0.496 e. The highest BCUT2D eigenvalue weighted by Gasteiger charge is 2.08. The predicted molar refractivity (Wildman–Crippen MR) is 72.9 cm³/mol. The zero-order valence-electron chi connectivity index (χ0n) is 10.4. The summed E-state index contributed by atoms with van der Waals surface area (Å²) in [7, 11) is 1.56. The maximum atomic E-state index is 13.7. The Morgan fingerprint density at radius 3 is 2.53 bits per heavy atom. The van der Waals surface area contributed by atoms with Crippen LogP contribution in [-0.2, 0) is 0 Å². The summed E-state index contributed by atoms with van der Waals surface area (Å²) in [5, 5.41) is 9.20. The standard InChI is InChI=1S/C16H12FNO/c1-19-16-9-5-2-6-12(16)10-13(11-18)14-7-3-4-8-15(14)17/h2-10H,1H3/b13-10-. The van der Waals surface area contributed by atoms with Crippen LogP contribution in [0.4, 0.5) is 4.39 Å². The van der Waals surface area contributed by atoms with Gasteiger partial charge < -0.3 is 4.74 Å². The Morgan fingerprint density at radius 2 is 1.84 bits per heavy atom. The van der Waals surface area contributed by atoms with Crippen molar-refractivity contribution in [3.05, 3.63) is 65.5 Å². The Bertz CT molecular complexity index is 656. The Balaban J connectivity index is 2.52. The molecule has 0 aliphatic heterocycles. The Kier molecular flexibility index (Phi) is 3.94. The Labute approximate surface area is 111 Å². The van der Waals surface area contributed by atoms with E-state index >= 15 is 0 Å². The molecule has 2 rings (SSSR count). The molecule has 0 N–H and O–H groups in total. The van der Waals surface area contributed by atoms with Crippen LogP contribution in [0.1, 0.15) is 11.1 Å². The molecule has 0 amide bonds. The number of halogens is 1. The number of methoxy groups -OCH3 is 1. The van der Waals surface area contributed by atoms with Crippen LogP contribution in [0, 0.1) is 17.1 Å². The van der Waals surface area contributed by atoms with Crippen LogP contribution < -0.4 is 4.74 Å². The maximum Gasteiger partial charge on any atom is 0.131 e. The van der Waals surface area contributed by atoms with Crippen LogP contribution in [0.25, 0.3) is 11.6 Å². The molecule has 3 heteroatoms. The summed E-state index contributed by atoms with van der Waals surface area (Å²) in [5.41, 5.74) is 1.29. The number of hydrogen-bond acceptors (Lipinski definition) is 2. The summed E-state index contributed by atoms with van der Waals surface area (Å²) in [6.07, 6.45) is 1.62. The van der Waals surface area contributed by atoms with Gasteiger partial charge in [-0.1, -0.05) is 36.4 Å². The summed E-state index contributed by atoms with van der Waals surface area (Å²) in [6, 6.07) is 15.5. The fraction of sp³-hybridized carbons (Fsp3) is 0.0625. The van der Waals surface area contributed by atoms with E-state index in [1.54, 1.807) is 37.5 Å². The highest BCUT2D eigenvalue weighted by atomic mass is 19.1. The van der Waals surface area contributed by atoms with Gasteiger partial charge in [-0.05, 0) is 18.2 Å². The molecule has 0 bridgehead atoms. The third-order valence-electron chi connectivity index (χ3n) is 2.72. The summed E-state index contributed by atoms with van der Waals surface area (Å²) < 4.78 is 18.9. The zero-order valence-corrected chi connectivity index (χ0v) is 10.4. The summed E-state index contributed by atoms with van der Waals surface area (Å²) in [5.74, 6) is 0.233. The van der Waals surface area contributed by atoms with Crippen LogP contribution in [-0.4, -0.2) is 7.11 Å². The molecular weight excluding hydrogens is 241 g/mol. The van der Waals surface area contributed by atoms with E-state index in [0.717, 1.165) is 5.56 Å². The van der Waals surface area contributed by atoms with Crippen molar-refractivity contribution in [3.63, 3.8) is 0 Å². The highest BCUT2D eigenvalue weighted by Crippen LogP contribution is 2.25. The fourth-order valence-corrected chi connectivity index (χ4v) is 1.79. The van der Waals surface area contributed by atoms with Gasteiger partial charge in [0.25, 0.3) is 0 Å². The highest BCUT2D eigenvalue weighted by molar-refractivity contribution is 5.90. The quantitative estimate of drug-likeness (QED) is 0.614. The molecule has 0 unspecified atom stereocenters. The van der Waals surface area contributed by atoms with E-state index in [-0.39, 0.29) is 11.1 Å². The van der Waals surface area contributed by atoms with Gasteiger partial charge in [0.05, 0.1) is 18.8 Å². The first kappa shape index (κ1) is 12.8. The van der Waals surface area contributed by atoms with Crippen molar-refractivity contribution in [3.8, 4) is 11.8 Å². The van der Waals surface area contributed by atoms with Gasteiger partial charge in [-0.15, -0.1) is 0 Å². The van der Waals surface area contributed by atoms with Crippen LogP contribution in [0.5, 0.6) is 5.75 Å². The molecule has 0 atom stereocenters. The first-order valence-electron chi connectivity index (χ1n) is 5.76. The number of benzene rings is 2. The number of rotatable bonds is 3. The first-order valence-corrected chi connectivity index (χ1v) is 5.76. The normalized spacial score (nSPS) is 10.9. The van der Waals surface area contributed by atoms with Gasteiger partial charge in [-0.2, -0.15) is 5.26 Å². The van der Waals surface area contributed by atoms with Gasteiger partial charge in [-0.25, -0.2) is 4.39 Å². The molecule has 0 saturated heterocycles. The minimum atomic E-state index is -0.412. The zero-order chi connectivity index (χ0) is 13.7. The summed E-state index contributed by atoms with van der Waals surface area (Å²) >= 11 is 0. The molecule has 0 radical (unpaired) electrons. The van der Waals surface area contributed by atoms with Crippen LogP contribution in [0.2, 0.25) is 0 Å². The third kappa shape index (κ3) is 2.80. The third-order valence-corrected chi connectivity index (χ3v) is 2.72. The Morgan fingerprint density at radius 1 is 1.16 bits per heavy atom. The minimum absolute atomic E-state index is 0.266. The number of nitriles is 1. The van der Waals surface area contributed by atoms with E-state index in [9.17, 15) is 9.65 Å². The lowest BCUT2D eigenvalue weighted by atomic mass is 10.0. The van der Waals surface area contributed by atoms with E-state index in [1.807, 2.05) is 24.3 Å². The molecule has 2 aromatic rings. The number of allylic oxidation sites excluding steroid dienone is 1. The monoisotopic (exact) mass is 253 g/mol.